The molecule has 0 saturated heterocycles. The van der Waals surface area contributed by atoms with E-state index >= 15 is 0 Å². The summed E-state index contributed by atoms with van der Waals surface area (Å²) in [5.74, 6) is -1.31. The zero-order valence-corrected chi connectivity index (χ0v) is 13.1. The van der Waals surface area contributed by atoms with Gasteiger partial charge in [0.2, 0.25) is 0 Å². The van der Waals surface area contributed by atoms with E-state index in [0.717, 1.165) is 18.6 Å². The smallest absolute Gasteiger partial charge is 0.264 e. The van der Waals surface area contributed by atoms with Crippen LogP contribution in [0.1, 0.15) is 37.6 Å². The number of amides is 1. The molecule has 1 amide bonds. The first-order valence-electron chi connectivity index (χ1n) is 6.23. The Morgan fingerprint density at radius 1 is 1.40 bits per heavy atom. The molecule has 1 aromatic carbocycles. The fourth-order valence-electron chi connectivity index (χ4n) is 1.82. The molecule has 112 valence electrons. The van der Waals surface area contributed by atoms with Crippen LogP contribution in [0.5, 0.6) is 0 Å². The second kappa shape index (κ2) is 6.54. The Hall–Kier alpha value is -1.14. The lowest BCUT2D eigenvalue weighted by Crippen LogP contribution is -2.37. The minimum atomic E-state index is -4.22. The molecule has 0 unspecified atom stereocenters. The van der Waals surface area contributed by atoms with Crippen LogP contribution < -0.4 is 0 Å². The second-order valence-electron chi connectivity index (χ2n) is 4.68. The van der Waals surface area contributed by atoms with Gasteiger partial charge in [-0.25, -0.2) is 12.8 Å². The van der Waals surface area contributed by atoms with Crippen molar-refractivity contribution in [3.63, 3.8) is 0 Å². The summed E-state index contributed by atoms with van der Waals surface area (Å²) in [5, 5.41) is 0. The maximum absolute atomic E-state index is 13.4. The second-order valence-corrected chi connectivity index (χ2v) is 7.21. The predicted molar refractivity (Wildman–Crippen MR) is 75.9 cm³/mol. The SMILES string of the molecule is CCCN(C(=O)c1ccc(F)c(S(=O)(=O)Cl)c1)C(C)C. The Bertz CT molecular complexity index is 602. The normalized spacial score (nSPS) is 11.7. The minimum Gasteiger partial charge on any atom is -0.336 e. The highest BCUT2D eigenvalue weighted by Gasteiger charge is 2.22. The lowest BCUT2D eigenvalue weighted by molar-refractivity contribution is 0.0705. The number of carbonyl (C=O) groups excluding carboxylic acids is 1. The number of benzene rings is 1. The Kier molecular flexibility index (Phi) is 5.53. The number of nitrogens with zero attached hydrogens (tertiary/aromatic N) is 1. The molecular weight excluding hydrogens is 305 g/mol. The molecule has 0 aliphatic heterocycles. The van der Waals surface area contributed by atoms with Crippen molar-refractivity contribution < 1.29 is 17.6 Å². The van der Waals surface area contributed by atoms with Gasteiger partial charge in [-0.1, -0.05) is 6.92 Å². The molecule has 0 bridgehead atoms. The fraction of sp³-hybridized carbons (Fsp3) is 0.462. The van der Waals surface area contributed by atoms with Gasteiger partial charge in [0.25, 0.3) is 15.0 Å². The third kappa shape index (κ3) is 3.93. The lowest BCUT2D eigenvalue weighted by Gasteiger charge is -2.26. The van der Waals surface area contributed by atoms with E-state index in [-0.39, 0.29) is 17.5 Å². The molecule has 0 fully saturated rings. The number of hydrogen-bond acceptors (Lipinski definition) is 3. The molecule has 20 heavy (non-hydrogen) atoms. The van der Waals surface area contributed by atoms with Crippen molar-refractivity contribution in [2.45, 2.75) is 38.1 Å². The van der Waals surface area contributed by atoms with Crippen LogP contribution in [0.25, 0.3) is 0 Å². The van der Waals surface area contributed by atoms with Crippen LogP contribution >= 0.6 is 10.7 Å². The van der Waals surface area contributed by atoms with Gasteiger partial charge >= 0.3 is 0 Å². The molecule has 0 aliphatic carbocycles. The molecule has 7 heteroatoms. The molecule has 1 rings (SSSR count). The van der Waals surface area contributed by atoms with E-state index in [0.29, 0.717) is 6.54 Å². The molecule has 1 aromatic rings. The third-order valence-corrected chi connectivity index (χ3v) is 4.13. The maximum Gasteiger partial charge on any atom is 0.264 e. The van der Waals surface area contributed by atoms with Crippen LogP contribution in [0, 0.1) is 5.82 Å². The monoisotopic (exact) mass is 321 g/mol. The van der Waals surface area contributed by atoms with Crippen LogP contribution in [-0.2, 0) is 9.05 Å². The van der Waals surface area contributed by atoms with Gasteiger partial charge in [-0.05, 0) is 38.5 Å². The number of rotatable bonds is 5. The van der Waals surface area contributed by atoms with Crippen molar-refractivity contribution in [2.75, 3.05) is 6.54 Å². The summed E-state index contributed by atoms with van der Waals surface area (Å²) < 4.78 is 36.0. The van der Waals surface area contributed by atoms with Crippen molar-refractivity contribution >= 4 is 25.6 Å². The average Bonchev–Trinajstić information content (AvgIpc) is 2.34. The molecule has 0 saturated carbocycles. The quantitative estimate of drug-likeness (QED) is 0.783. The van der Waals surface area contributed by atoms with Gasteiger partial charge in [0.05, 0.1) is 0 Å². The molecule has 0 radical (unpaired) electrons. The van der Waals surface area contributed by atoms with Crippen molar-refractivity contribution in [2.24, 2.45) is 0 Å². The Labute approximate surface area is 123 Å². The summed E-state index contributed by atoms with van der Waals surface area (Å²) in [7, 11) is 0.930. The zero-order valence-electron chi connectivity index (χ0n) is 11.6. The summed E-state index contributed by atoms with van der Waals surface area (Å²) in [6.45, 7) is 6.19. The van der Waals surface area contributed by atoms with Crippen LogP contribution in [0.4, 0.5) is 4.39 Å². The van der Waals surface area contributed by atoms with E-state index < -0.39 is 19.8 Å². The lowest BCUT2D eigenvalue weighted by atomic mass is 10.1. The zero-order chi connectivity index (χ0) is 15.5. The van der Waals surface area contributed by atoms with Crippen LogP contribution in [0.3, 0.4) is 0 Å². The fourth-order valence-corrected chi connectivity index (χ4v) is 2.75. The summed E-state index contributed by atoms with van der Waals surface area (Å²) >= 11 is 0. The summed E-state index contributed by atoms with van der Waals surface area (Å²) in [6.07, 6.45) is 0.770. The molecule has 0 atom stereocenters. The number of carbonyl (C=O) groups is 1. The largest absolute Gasteiger partial charge is 0.336 e. The first-order valence-corrected chi connectivity index (χ1v) is 8.54. The number of hydrogen-bond donors (Lipinski definition) is 0. The summed E-state index contributed by atoms with van der Waals surface area (Å²) in [5.41, 5.74) is 0.104. The molecule has 4 nitrogen and oxygen atoms in total. The Balaban J connectivity index is 3.23. The van der Waals surface area contributed by atoms with E-state index in [1.54, 1.807) is 4.90 Å². The van der Waals surface area contributed by atoms with Gasteiger partial charge in [0, 0.05) is 28.8 Å². The summed E-state index contributed by atoms with van der Waals surface area (Å²) in [4.78, 5) is 13.3. The minimum absolute atomic E-state index is 0.0384. The first-order chi connectivity index (χ1) is 9.18. The number of halogens is 2. The van der Waals surface area contributed by atoms with Gasteiger partial charge in [-0.15, -0.1) is 0 Å². The van der Waals surface area contributed by atoms with E-state index in [1.807, 2.05) is 20.8 Å². The average molecular weight is 322 g/mol. The van der Waals surface area contributed by atoms with E-state index in [2.05, 4.69) is 0 Å². The van der Waals surface area contributed by atoms with E-state index in [4.69, 9.17) is 10.7 Å². The van der Waals surface area contributed by atoms with Gasteiger partial charge in [0.1, 0.15) is 10.7 Å². The predicted octanol–water partition coefficient (Wildman–Crippen LogP) is 3.01. The molecule has 0 heterocycles. The highest BCUT2D eigenvalue weighted by atomic mass is 35.7. The highest BCUT2D eigenvalue weighted by Crippen LogP contribution is 2.21. The standard InChI is InChI=1S/C13H17ClFNO3S/c1-4-7-16(9(2)3)13(17)10-5-6-11(15)12(8-10)20(14,18)19/h5-6,8-9H,4,7H2,1-3H3. The van der Waals surface area contributed by atoms with Crippen molar-refractivity contribution in [3.8, 4) is 0 Å². The van der Waals surface area contributed by atoms with Crippen LogP contribution in [0.2, 0.25) is 0 Å². The third-order valence-electron chi connectivity index (χ3n) is 2.79. The van der Waals surface area contributed by atoms with Gasteiger partial charge in [0.15, 0.2) is 0 Å². The van der Waals surface area contributed by atoms with Crippen LogP contribution in [-0.4, -0.2) is 31.8 Å². The van der Waals surface area contributed by atoms with Crippen molar-refractivity contribution in [3.05, 3.63) is 29.6 Å². The topological polar surface area (TPSA) is 54.5 Å². The molecule has 0 aliphatic rings. The summed E-state index contributed by atoms with van der Waals surface area (Å²) in [6, 6.07) is 3.13. The van der Waals surface area contributed by atoms with Gasteiger partial charge in [-0.2, -0.15) is 0 Å². The first kappa shape index (κ1) is 16.9. The van der Waals surface area contributed by atoms with E-state index in [9.17, 15) is 17.6 Å². The highest BCUT2D eigenvalue weighted by molar-refractivity contribution is 8.13. The maximum atomic E-state index is 13.4. The van der Waals surface area contributed by atoms with Crippen molar-refractivity contribution in [1.29, 1.82) is 0 Å². The van der Waals surface area contributed by atoms with Crippen LogP contribution in [0.15, 0.2) is 23.1 Å². The van der Waals surface area contributed by atoms with Gasteiger partial charge in [-0.3, -0.25) is 4.79 Å². The van der Waals surface area contributed by atoms with E-state index in [1.165, 1.54) is 6.07 Å². The molecule has 0 N–H and O–H groups in total. The molecule has 0 aromatic heterocycles. The molecule has 0 spiro atoms. The molecular formula is C13H17ClFNO3S. The van der Waals surface area contributed by atoms with Crippen molar-refractivity contribution in [1.82, 2.24) is 4.90 Å². The Morgan fingerprint density at radius 3 is 2.45 bits per heavy atom. The Morgan fingerprint density at radius 2 is 2.00 bits per heavy atom. The van der Waals surface area contributed by atoms with Gasteiger partial charge < -0.3 is 4.90 Å².